The van der Waals surface area contributed by atoms with Crippen LogP contribution in [0.25, 0.3) is 0 Å². The van der Waals surface area contributed by atoms with Gasteiger partial charge in [-0.25, -0.2) is 8.78 Å². The molecule has 16 heavy (non-hydrogen) atoms. The topological polar surface area (TPSA) is 17.1 Å². The van der Waals surface area contributed by atoms with Gasteiger partial charge in [-0.3, -0.25) is 4.79 Å². The molecular weight excluding hydrogens is 210 g/mol. The lowest BCUT2D eigenvalue weighted by molar-refractivity contribution is 0.102. The molecule has 1 aromatic carbocycles. The first-order valence-electron chi connectivity index (χ1n) is 5.37. The lowest BCUT2D eigenvalue weighted by atomic mass is 9.93. The molecule has 0 radical (unpaired) electrons. The zero-order chi connectivity index (χ0) is 11.5. The Kier molecular flexibility index (Phi) is 3.13. The highest BCUT2D eigenvalue weighted by Crippen LogP contribution is 2.22. The maximum Gasteiger partial charge on any atom is 0.191 e. The average molecular weight is 222 g/mol. The Morgan fingerprint density at radius 3 is 2.69 bits per heavy atom. The van der Waals surface area contributed by atoms with Crippen molar-refractivity contribution in [2.24, 2.45) is 0 Å². The predicted octanol–water partition coefficient (Wildman–Crippen LogP) is 3.65. The van der Waals surface area contributed by atoms with E-state index in [9.17, 15) is 13.6 Å². The number of carbonyl (C=O) groups excluding carboxylic acids is 1. The number of allylic oxidation sites excluding steroid dienone is 2. The summed E-state index contributed by atoms with van der Waals surface area (Å²) in [5.74, 6) is -1.62. The summed E-state index contributed by atoms with van der Waals surface area (Å²) >= 11 is 0. The fourth-order valence-corrected chi connectivity index (χ4v) is 1.89. The van der Waals surface area contributed by atoms with Crippen LogP contribution in [-0.2, 0) is 0 Å². The average Bonchev–Trinajstić information content (AvgIpc) is 2.32. The fraction of sp³-hybridized carbons (Fsp3) is 0.308. The van der Waals surface area contributed by atoms with Crippen LogP contribution in [-0.4, -0.2) is 5.78 Å². The zero-order valence-electron chi connectivity index (χ0n) is 8.80. The number of hydrogen-bond donors (Lipinski definition) is 0. The highest BCUT2D eigenvalue weighted by molar-refractivity contribution is 6.08. The maximum absolute atomic E-state index is 13.4. The summed E-state index contributed by atoms with van der Waals surface area (Å²) in [4.78, 5) is 11.9. The standard InChI is InChI=1S/C13H12F2O/c14-10-6-7-12(15)11(8-10)13(16)9-4-2-1-3-5-9/h4,6-8H,1-3,5H2. The van der Waals surface area contributed by atoms with E-state index in [-0.39, 0.29) is 11.3 Å². The van der Waals surface area contributed by atoms with Gasteiger partial charge in [0.25, 0.3) is 0 Å². The number of ketones is 1. The minimum atomic E-state index is -0.655. The van der Waals surface area contributed by atoms with Crippen LogP contribution in [0.15, 0.2) is 29.8 Å². The smallest absolute Gasteiger partial charge is 0.191 e. The van der Waals surface area contributed by atoms with Crippen molar-refractivity contribution in [2.75, 3.05) is 0 Å². The molecule has 3 heteroatoms. The van der Waals surface area contributed by atoms with Crippen LogP contribution in [0.5, 0.6) is 0 Å². The van der Waals surface area contributed by atoms with E-state index >= 15 is 0 Å². The molecule has 84 valence electrons. The van der Waals surface area contributed by atoms with Gasteiger partial charge in [0.1, 0.15) is 11.6 Å². The van der Waals surface area contributed by atoms with E-state index in [1.165, 1.54) is 0 Å². The molecule has 0 amide bonds. The summed E-state index contributed by atoms with van der Waals surface area (Å²) in [6.07, 6.45) is 5.33. The van der Waals surface area contributed by atoms with E-state index in [1.54, 1.807) is 0 Å². The number of carbonyl (C=O) groups is 1. The largest absolute Gasteiger partial charge is 0.289 e. The molecule has 0 aliphatic heterocycles. The molecule has 2 rings (SSSR count). The van der Waals surface area contributed by atoms with Crippen molar-refractivity contribution in [2.45, 2.75) is 25.7 Å². The lowest BCUT2D eigenvalue weighted by Crippen LogP contribution is -2.09. The molecule has 0 aromatic heterocycles. The second-order valence-corrected chi connectivity index (χ2v) is 3.93. The number of hydrogen-bond acceptors (Lipinski definition) is 1. The summed E-state index contributed by atoms with van der Waals surface area (Å²) in [6.45, 7) is 0. The van der Waals surface area contributed by atoms with E-state index < -0.39 is 11.6 Å². The fourth-order valence-electron chi connectivity index (χ4n) is 1.89. The number of halogens is 2. The van der Waals surface area contributed by atoms with Gasteiger partial charge in [-0.15, -0.1) is 0 Å². The summed E-state index contributed by atoms with van der Waals surface area (Å²) in [5, 5.41) is 0. The summed E-state index contributed by atoms with van der Waals surface area (Å²) < 4.78 is 26.3. The molecule has 0 fully saturated rings. The molecule has 0 saturated heterocycles. The molecule has 0 N–H and O–H groups in total. The van der Waals surface area contributed by atoms with Gasteiger partial charge in [-0.1, -0.05) is 6.08 Å². The maximum atomic E-state index is 13.4. The Balaban J connectivity index is 2.33. The van der Waals surface area contributed by atoms with Crippen molar-refractivity contribution in [3.8, 4) is 0 Å². The second-order valence-electron chi connectivity index (χ2n) is 3.93. The van der Waals surface area contributed by atoms with Crippen molar-refractivity contribution in [3.05, 3.63) is 47.0 Å². The highest BCUT2D eigenvalue weighted by Gasteiger charge is 2.18. The Morgan fingerprint density at radius 1 is 1.19 bits per heavy atom. The van der Waals surface area contributed by atoms with Gasteiger partial charge in [-0.2, -0.15) is 0 Å². The van der Waals surface area contributed by atoms with Crippen LogP contribution >= 0.6 is 0 Å². The zero-order valence-corrected chi connectivity index (χ0v) is 8.80. The molecule has 0 atom stereocenters. The molecule has 0 saturated carbocycles. The van der Waals surface area contributed by atoms with Gasteiger partial charge in [0.05, 0.1) is 5.56 Å². The number of Topliss-reactive ketones (excluding diaryl/α,β-unsaturated/α-hetero) is 1. The Labute approximate surface area is 92.8 Å². The summed E-state index contributed by atoms with van der Waals surface area (Å²) in [5.41, 5.74) is 0.448. The van der Waals surface area contributed by atoms with Crippen LogP contribution in [0.3, 0.4) is 0 Å². The van der Waals surface area contributed by atoms with Gasteiger partial charge in [-0.05, 0) is 49.5 Å². The van der Waals surface area contributed by atoms with E-state index in [1.807, 2.05) is 6.08 Å². The minimum Gasteiger partial charge on any atom is -0.289 e. The first-order valence-corrected chi connectivity index (χ1v) is 5.37. The third-order valence-corrected chi connectivity index (χ3v) is 2.76. The van der Waals surface area contributed by atoms with Gasteiger partial charge in [0.15, 0.2) is 5.78 Å². The third-order valence-electron chi connectivity index (χ3n) is 2.76. The Hall–Kier alpha value is -1.51. The van der Waals surface area contributed by atoms with Gasteiger partial charge in [0.2, 0.25) is 0 Å². The Morgan fingerprint density at radius 2 is 2.00 bits per heavy atom. The first-order chi connectivity index (χ1) is 7.68. The third kappa shape index (κ3) is 2.18. The van der Waals surface area contributed by atoms with E-state index in [0.717, 1.165) is 37.5 Å². The summed E-state index contributed by atoms with van der Waals surface area (Å²) in [7, 11) is 0. The van der Waals surface area contributed by atoms with Gasteiger partial charge in [0, 0.05) is 0 Å². The predicted molar refractivity (Wildman–Crippen MR) is 57.2 cm³/mol. The monoisotopic (exact) mass is 222 g/mol. The van der Waals surface area contributed by atoms with E-state index in [2.05, 4.69) is 0 Å². The SMILES string of the molecule is O=C(C1=CCCCC1)c1cc(F)ccc1F. The molecular formula is C13H12F2O. The number of rotatable bonds is 2. The molecule has 1 aliphatic carbocycles. The molecule has 0 bridgehead atoms. The van der Waals surface area contributed by atoms with Gasteiger partial charge < -0.3 is 0 Å². The van der Waals surface area contributed by atoms with Crippen LogP contribution in [0.4, 0.5) is 8.78 Å². The van der Waals surface area contributed by atoms with Crippen LogP contribution in [0, 0.1) is 11.6 Å². The molecule has 1 aliphatic rings. The van der Waals surface area contributed by atoms with Crippen LogP contribution in [0.2, 0.25) is 0 Å². The molecule has 1 nitrogen and oxygen atoms in total. The van der Waals surface area contributed by atoms with E-state index in [0.29, 0.717) is 12.0 Å². The molecule has 0 spiro atoms. The molecule has 1 aromatic rings. The number of benzene rings is 1. The van der Waals surface area contributed by atoms with E-state index in [4.69, 9.17) is 0 Å². The van der Waals surface area contributed by atoms with Crippen molar-refractivity contribution < 1.29 is 13.6 Å². The van der Waals surface area contributed by atoms with Crippen molar-refractivity contribution >= 4 is 5.78 Å². The van der Waals surface area contributed by atoms with Crippen molar-refractivity contribution in [1.82, 2.24) is 0 Å². The quantitative estimate of drug-likeness (QED) is 0.698. The van der Waals surface area contributed by atoms with Crippen molar-refractivity contribution in [3.63, 3.8) is 0 Å². The van der Waals surface area contributed by atoms with Crippen molar-refractivity contribution in [1.29, 1.82) is 0 Å². The first kappa shape index (κ1) is 11.0. The minimum absolute atomic E-state index is 0.159. The lowest BCUT2D eigenvalue weighted by Gasteiger charge is -2.11. The molecule has 0 heterocycles. The summed E-state index contributed by atoms with van der Waals surface area (Å²) in [6, 6.07) is 2.97. The Bertz CT molecular complexity index is 449. The van der Waals surface area contributed by atoms with Crippen LogP contribution in [0.1, 0.15) is 36.0 Å². The second kappa shape index (κ2) is 4.56. The normalized spacial score (nSPS) is 15.8. The molecule has 0 unspecified atom stereocenters. The highest BCUT2D eigenvalue weighted by atomic mass is 19.1. The van der Waals surface area contributed by atoms with Gasteiger partial charge >= 0.3 is 0 Å². The van der Waals surface area contributed by atoms with Crippen LogP contribution < -0.4 is 0 Å².